The maximum absolute atomic E-state index is 11.8. The highest BCUT2D eigenvalue weighted by Gasteiger charge is 2.31. The molecule has 100 valence electrons. The van der Waals surface area contributed by atoms with Gasteiger partial charge in [-0.15, -0.1) is 0 Å². The Bertz CT molecular complexity index is 576. The van der Waals surface area contributed by atoms with Gasteiger partial charge in [0, 0.05) is 16.6 Å². The van der Waals surface area contributed by atoms with Crippen LogP contribution in [0.3, 0.4) is 0 Å². The van der Waals surface area contributed by atoms with Gasteiger partial charge in [0.25, 0.3) is 5.91 Å². The van der Waals surface area contributed by atoms with E-state index in [4.69, 9.17) is 21.5 Å². The predicted molar refractivity (Wildman–Crippen MR) is 72.3 cm³/mol. The van der Waals surface area contributed by atoms with Crippen LogP contribution < -0.4 is 5.32 Å². The molecule has 1 aromatic rings. The fourth-order valence-electron chi connectivity index (χ4n) is 1.44. The number of carboxylic acids is 1. The number of oxime groups is 1. The molecule has 0 saturated carbocycles. The van der Waals surface area contributed by atoms with Crippen molar-refractivity contribution < 1.29 is 19.5 Å². The van der Waals surface area contributed by atoms with Gasteiger partial charge in [0.05, 0.1) is 5.02 Å². The number of benzene rings is 1. The third-order valence-electron chi connectivity index (χ3n) is 2.40. The summed E-state index contributed by atoms with van der Waals surface area (Å²) in [6.07, 6.45) is -0.990. The molecular formula is C11H8BrClN2O4. The van der Waals surface area contributed by atoms with Crippen LogP contribution in [0.4, 0.5) is 5.69 Å². The molecule has 6 nitrogen and oxygen atoms in total. The fraction of sp³-hybridized carbons (Fsp3) is 0.182. The van der Waals surface area contributed by atoms with Gasteiger partial charge in [-0.3, -0.25) is 4.79 Å². The molecule has 0 radical (unpaired) electrons. The Kier molecular flexibility index (Phi) is 4.06. The van der Waals surface area contributed by atoms with E-state index in [0.29, 0.717) is 15.2 Å². The van der Waals surface area contributed by atoms with Gasteiger partial charge in [-0.05, 0) is 34.1 Å². The summed E-state index contributed by atoms with van der Waals surface area (Å²) in [4.78, 5) is 27.2. The van der Waals surface area contributed by atoms with Gasteiger partial charge < -0.3 is 15.3 Å². The second-order valence-electron chi connectivity index (χ2n) is 3.76. The van der Waals surface area contributed by atoms with Crippen molar-refractivity contribution in [1.29, 1.82) is 0 Å². The zero-order valence-corrected chi connectivity index (χ0v) is 11.7. The van der Waals surface area contributed by atoms with E-state index in [1.165, 1.54) is 0 Å². The number of carbonyl (C=O) groups is 2. The van der Waals surface area contributed by atoms with E-state index in [1.807, 2.05) is 0 Å². The van der Waals surface area contributed by atoms with Gasteiger partial charge in [-0.1, -0.05) is 16.8 Å². The van der Waals surface area contributed by atoms with Crippen molar-refractivity contribution in [2.75, 3.05) is 5.32 Å². The van der Waals surface area contributed by atoms with E-state index < -0.39 is 18.0 Å². The van der Waals surface area contributed by atoms with E-state index in [0.717, 1.165) is 0 Å². The van der Waals surface area contributed by atoms with Crippen molar-refractivity contribution in [3.8, 4) is 0 Å². The summed E-state index contributed by atoms with van der Waals surface area (Å²) in [5, 5.41) is 15.2. The second kappa shape index (κ2) is 5.58. The van der Waals surface area contributed by atoms with Gasteiger partial charge in [-0.2, -0.15) is 0 Å². The molecule has 2 rings (SSSR count). The van der Waals surface area contributed by atoms with Crippen molar-refractivity contribution in [3.63, 3.8) is 0 Å². The molecule has 1 heterocycles. The number of aliphatic carboxylic acids is 1. The first-order valence-corrected chi connectivity index (χ1v) is 6.36. The van der Waals surface area contributed by atoms with Crippen LogP contribution >= 0.6 is 27.5 Å². The molecule has 0 spiro atoms. The number of nitrogens with zero attached hydrogens (tertiary/aromatic N) is 1. The zero-order chi connectivity index (χ0) is 14.0. The number of nitrogens with one attached hydrogen (secondary N) is 1. The molecule has 1 aliphatic rings. The second-order valence-corrected chi connectivity index (χ2v) is 5.02. The highest BCUT2D eigenvalue weighted by atomic mass is 79.9. The number of rotatable bonds is 3. The van der Waals surface area contributed by atoms with Crippen molar-refractivity contribution in [3.05, 3.63) is 27.7 Å². The summed E-state index contributed by atoms with van der Waals surface area (Å²) in [7, 11) is 0. The quantitative estimate of drug-likeness (QED) is 0.878. The van der Waals surface area contributed by atoms with Crippen molar-refractivity contribution in [2.24, 2.45) is 5.16 Å². The Morgan fingerprint density at radius 3 is 2.84 bits per heavy atom. The smallest absolute Gasteiger partial charge is 0.353 e. The minimum Gasteiger partial charge on any atom is -0.477 e. The predicted octanol–water partition coefficient (Wildman–Crippen LogP) is 2.27. The molecule has 0 aromatic heterocycles. The minimum atomic E-state index is -1.19. The maximum Gasteiger partial charge on any atom is 0.353 e. The van der Waals surface area contributed by atoms with E-state index in [1.54, 1.807) is 18.2 Å². The molecule has 0 bridgehead atoms. The molecule has 1 aromatic carbocycles. The lowest BCUT2D eigenvalue weighted by Crippen LogP contribution is -2.28. The van der Waals surface area contributed by atoms with Crippen molar-refractivity contribution >= 4 is 50.8 Å². The van der Waals surface area contributed by atoms with E-state index in [9.17, 15) is 9.59 Å². The first kappa shape index (κ1) is 13.8. The first-order chi connectivity index (χ1) is 8.97. The summed E-state index contributed by atoms with van der Waals surface area (Å²) < 4.78 is 0.641. The van der Waals surface area contributed by atoms with Crippen LogP contribution in [0.2, 0.25) is 5.02 Å². The van der Waals surface area contributed by atoms with Gasteiger partial charge in [-0.25, -0.2) is 4.79 Å². The molecule has 0 saturated heterocycles. The SMILES string of the molecule is O=C(O)C1=NOC(C(=O)Nc2ccc(Cl)c(Br)c2)C1. The lowest BCUT2D eigenvalue weighted by atomic mass is 10.1. The Balaban J connectivity index is 1.99. The number of hydrogen-bond acceptors (Lipinski definition) is 4. The minimum absolute atomic E-state index is 0.0596. The molecular weight excluding hydrogens is 339 g/mol. The average molecular weight is 348 g/mol. The van der Waals surface area contributed by atoms with Crippen LogP contribution in [0.25, 0.3) is 0 Å². The topological polar surface area (TPSA) is 88.0 Å². The fourth-order valence-corrected chi connectivity index (χ4v) is 1.94. The third-order valence-corrected chi connectivity index (χ3v) is 3.61. The number of carbonyl (C=O) groups excluding carboxylic acids is 1. The molecule has 1 unspecified atom stereocenters. The number of carboxylic acid groups (broad SMARTS) is 1. The Hall–Kier alpha value is -1.60. The van der Waals surface area contributed by atoms with Gasteiger partial charge in [0.1, 0.15) is 0 Å². The molecule has 8 heteroatoms. The number of hydrogen-bond donors (Lipinski definition) is 2. The van der Waals surface area contributed by atoms with E-state index >= 15 is 0 Å². The normalized spacial score (nSPS) is 17.6. The third kappa shape index (κ3) is 3.24. The first-order valence-electron chi connectivity index (χ1n) is 5.19. The lowest BCUT2D eigenvalue weighted by Gasteiger charge is -2.09. The molecule has 0 aliphatic carbocycles. The number of anilines is 1. The summed E-state index contributed by atoms with van der Waals surface area (Å²) in [6, 6.07) is 4.88. The molecule has 2 N–H and O–H groups in total. The van der Waals surface area contributed by atoms with Gasteiger partial charge in [0.2, 0.25) is 6.10 Å². The van der Waals surface area contributed by atoms with E-state index in [-0.39, 0.29) is 12.1 Å². The standard InChI is InChI=1S/C11H8BrClN2O4/c12-6-3-5(1-2-7(6)13)14-10(16)9-4-8(11(17)18)15-19-9/h1-3,9H,4H2,(H,14,16)(H,17,18). The summed E-state index contributed by atoms with van der Waals surface area (Å²) >= 11 is 9.06. The largest absolute Gasteiger partial charge is 0.477 e. The number of amides is 1. The van der Waals surface area contributed by atoms with Gasteiger partial charge in [0.15, 0.2) is 5.71 Å². The van der Waals surface area contributed by atoms with Crippen LogP contribution in [-0.2, 0) is 14.4 Å². The Morgan fingerprint density at radius 1 is 1.53 bits per heavy atom. The summed E-state index contributed by atoms with van der Waals surface area (Å²) in [5.74, 6) is -1.65. The maximum atomic E-state index is 11.8. The Labute approximate surface area is 121 Å². The highest BCUT2D eigenvalue weighted by Crippen LogP contribution is 2.26. The van der Waals surface area contributed by atoms with Crippen molar-refractivity contribution in [1.82, 2.24) is 0 Å². The molecule has 19 heavy (non-hydrogen) atoms. The molecule has 1 atom stereocenters. The zero-order valence-electron chi connectivity index (χ0n) is 9.39. The Morgan fingerprint density at radius 2 is 2.26 bits per heavy atom. The lowest BCUT2D eigenvalue weighted by molar-refractivity contribution is -0.129. The van der Waals surface area contributed by atoms with Crippen LogP contribution in [0.5, 0.6) is 0 Å². The molecule has 0 fully saturated rings. The average Bonchev–Trinajstić information content (AvgIpc) is 2.83. The van der Waals surface area contributed by atoms with Gasteiger partial charge >= 0.3 is 5.97 Å². The molecule has 1 amide bonds. The van der Waals surface area contributed by atoms with Crippen LogP contribution in [-0.4, -0.2) is 28.8 Å². The molecule has 1 aliphatic heterocycles. The van der Waals surface area contributed by atoms with Crippen LogP contribution in [0.15, 0.2) is 27.8 Å². The van der Waals surface area contributed by atoms with Crippen LogP contribution in [0, 0.1) is 0 Å². The monoisotopic (exact) mass is 346 g/mol. The number of halogens is 2. The summed E-state index contributed by atoms with van der Waals surface area (Å²) in [5.41, 5.74) is 0.353. The highest BCUT2D eigenvalue weighted by molar-refractivity contribution is 9.10. The van der Waals surface area contributed by atoms with E-state index in [2.05, 4.69) is 26.4 Å². The summed E-state index contributed by atoms with van der Waals surface area (Å²) in [6.45, 7) is 0. The van der Waals surface area contributed by atoms with Crippen molar-refractivity contribution in [2.45, 2.75) is 12.5 Å². The van der Waals surface area contributed by atoms with Crippen LogP contribution in [0.1, 0.15) is 6.42 Å².